The molecule has 1 aromatic heterocycles. The normalized spacial score (nSPS) is 12.8. The molecular formula is C16H13BrCl2N2. The fourth-order valence-corrected chi connectivity index (χ4v) is 3.00. The molecule has 0 aliphatic rings. The number of hydrogen-bond acceptors (Lipinski definition) is 1. The lowest BCUT2D eigenvalue weighted by molar-refractivity contribution is 0.882. The number of aryl methyl sites for hydroxylation is 1. The van der Waals surface area contributed by atoms with E-state index < -0.39 is 0 Å². The average Bonchev–Trinajstić information content (AvgIpc) is 2.80. The number of benzene rings is 2. The Balaban J connectivity index is 2.35. The van der Waals surface area contributed by atoms with Crippen LogP contribution in [0.3, 0.4) is 0 Å². The van der Waals surface area contributed by atoms with Gasteiger partial charge in [-0.2, -0.15) is 0 Å². The fraction of sp³-hybridized carbons (Fsp3) is 0.188. The highest BCUT2D eigenvalue weighted by Gasteiger charge is 2.17. The molecule has 2 nitrogen and oxygen atoms in total. The topological polar surface area (TPSA) is 17.8 Å². The summed E-state index contributed by atoms with van der Waals surface area (Å²) >= 11 is 15.9. The van der Waals surface area contributed by atoms with Crippen molar-refractivity contribution in [1.29, 1.82) is 0 Å². The molecule has 0 aliphatic heterocycles. The van der Waals surface area contributed by atoms with E-state index in [0.29, 0.717) is 5.02 Å². The predicted octanol–water partition coefficient (Wildman–Crippen LogP) is 6.05. The Morgan fingerprint density at radius 3 is 2.62 bits per heavy atom. The molecule has 0 saturated carbocycles. The van der Waals surface area contributed by atoms with Crippen LogP contribution in [-0.2, 0) is 0 Å². The Morgan fingerprint density at radius 2 is 1.95 bits per heavy atom. The van der Waals surface area contributed by atoms with Crippen LogP contribution in [0.4, 0.5) is 0 Å². The average molecular weight is 384 g/mol. The summed E-state index contributed by atoms with van der Waals surface area (Å²) in [6, 6.07) is 12.0. The number of hydrogen-bond donors (Lipinski definition) is 0. The quantitative estimate of drug-likeness (QED) is 0.492. The molecule has 1 heterocycles. The molecule has 0 bridgehead atoms. The van der Waals surface area contributed by atoms with E-state index in [0.717, 1.165) is 27.0 Å². The molecule has 1 atom stereocenters. The van der Waals surface area contributed by atoms with E-state index in [2.05, 4.69) is 44.5 Å². The van der Waals surface area contributed by atoms with E-state index in [1.54, 1.807) is 0 Å². The van der Waals surface area contributed by atoms with Crippen molar-refractivity contribution < 1.29 is 0 Å². The summed E-state index contributed by atoms with van der Waals surface area (Å²) in [5.41, 5.74) is 4.16. The Labute approximate surface area is 141 Å². The number of rotatable bonds is 2. The van der Waals surface area contributed by atoms with Gasteiger partial charge in [-0.3, -0.25) is 4.57 Å². The Hall–Kier alpha value is -1.03. The SMILES string of the molecule is Cc1ccc2nc(C(C)Cl)n(-c3ccc(Cl)c(Br)c3)c2c1. The van der Waals surface area contributed by atoms with Gasteiger partial charge in [0, 0.05) is 10.2 Å². The predicted molar refractivity (Wildman–Crippen MR) is 92.8 cm³/mol. The molecule has 5 heteroatoms. The third-order valence-corrected chi connectivity index (χ3v) is 4.76. The highest BCUT2D eigenvalue weighted by Crippen LogP contribution is 2.31. The number of aromatic nitrogens is 2. The zero-order valence-corrected chi connectivity index (χ0v) is 14.7. The van der Waals surface area contributed by atoms with E-state index in [4.69, 9.17) is 23.2 Å². The Bertz CT molecular complexity index is 825. The first-order valence-electron chi connectivity index (χ1n) is 6.56. The summed E-state index contributed by atoms with van der Waals surface area (Å²) < 4.78 is 2.94. The Kier molecular flexibility index (Phi) is 4.00. The third-order valence-electron chi connectivity index (χ3n) is 3.35. The second kappa shape index (κ2) is 5.64. The van der Waals surface area contributed by atoms with Gasteiger partial charge >= 0.3 is 0 Å². The summed E-state index contributed by atoms with van der Waals surface area (Å²) in [5, 5.41) is 0.493. The molecule has 0 fully saturated rings. The minimum atomic E-state index is -0.188. The van der Waals surface area contributed by atoms with Crippen molar-refractivity contribution in [2.45, 2.75) is 19.2 Å². The number of halogens is 3. The lowest BCUT2D eigenvalue weighted by Gasteiger charge is -2.11. The molecule has 21 heavy (non-hydrogen) atoms. The lowest BCUT2D eigenvalue weighted by atomic mass is 10.2. The van der Waals surface area contributed by atoms with Crippen LogP contribution in [0.1, 0.15) is 23.7 Å². The van der Waals surface area contributed by atoms with Crippen molar-refractivity contribution in [2.24, 2.45) is 0 Å². The lowest BCUT2D eigenvalue weighted by Crippen LogP contribution is -2.02. The molecule has 0 radical (unpaired) electrons. The molecular weight excluding hydrogens is 371 g/mol. The van der Waals surface area contributed by atoms with Crippen molar-refractivity contribution in [3.05, 3.63) is 57.3 Å². The monoisotopic (exact) mass is 382 g/mol. The van der Waals surface area contributed by atoms with Gasteiger partial charge in [0.05, 0.1) is 21.4 Å². The van der Waals surface area contributed by atoms with Gasteiger partial charge in [-0.05, 0) is 65.7 Å². The van der Waals surface area contributed by atoms with Gasteiger partial charge in [-0.25, -0.2) is 4.98 Å². The molecule has 0 amide bonds. The van der Waals surface area contributed by atoms with Crippen LogP contribution in [0.5, 0.6) is 0 Å². The fourth-order valence-electron chi connectivity index (χ4n) is 2.37. The summed E-state index contributed by atoms with van der Waals surface area (Å²) in [7, 11) is 0. The minimum Gasteiger partial charge on any atom is -0.295 e. The smallest absolute Gasteiger partial charge is 0.132 e. The molecule has 3 rings (SSSR count). The molecule has 1 unspecified atom stereocenters. The molecule has 0 N–H and O–H groups in total. The first-order chi connectivity index (χ1) is 9.97. The number of imidazole rings is 1. The first-order valence-corrected chi connectivity index (χ1v) is 8.16. The molecule has 0 saturated heterocycles. The van der Waals surface area contributed by atoms with Crippen LogP contribution in [0, 0.1) is 6.92 Å². The van der Waals surface area contributed by atoms with Gasteiger partial charge in [-0.15, -0.1) is 11.6 Å². The molecule has 2 aromatic carbocycles. The van der Waals surface area contributed by atoms with Crippen LogP contribution in [0.2, 0.25) is 5.02 Å². The zero-order valence-electron chi connectivity index (χ0n) is 11.6. The molecule has 3 aromatic rings. The number of alkyl halides is 1. The van der Waals surface area contributed by atoms with E-state index in [9.17, 15) is 0 Å². The molecule has 0 spiro atoms. The maximum atomic E-state index is 6.32. The van der Waals surface area contributed by atoms with E-state index in [1.165, 1.54) is 5.56 Å². The first kappa shape index (κ1) is 14.9. The summed E-state index contributed by atoms with van der Waals surface area (Å²) in [6.45, 7) is 4.00. The van der Waals surface area contributed by atoms with Crippen LogP contribution in [-0.4, -0.2) is 9.55 Å². The highest BCUT2D eigenvalue weighted by atomic mass is 79.9. The van der Waals surface area contributed by atoms with Crippen molar-refractivity contribution in [3.63, 3.8) is 0 Å². The van der Waals surface area contributed by atoms with Crippen molar-refractivity contribution in [1.82, 2.24) is 9.55 Å². The van der Waals surface area contributed by atoms with Gasteiger partial charge in [-0.1, -0.05) is 17.7 Å². The summed E-state index contributed by atoms with van der Waals surface area (Å²) in [5.74, 6) is 0.825. The van der Waals surface area contributed by atoms with Gasteiger partial charge in [0.15, 0.2) is 0 Å². The summed E-state index contributed by atoms with van der Waals surface area (Å²) in [6.07, 6.45) is 0. The van der Waals surface area contributed by atoms with Gasteiger partial charge < -0.3 is 0 Å². The van der Waals surface area contributed by atoms with Gasteiger partial charge in [0.1, 0.15) is 5.82 Å². The number of fused-ring (bicyclic) bond motifs is 1. The van der Waals surface area contributed by atoms with E-state index in [1.807, 2.05) is 31.2 Å². The second-order valence-electron chi connectivity index (χ2n) is 5.01. The van der Waals surface area contributed by atoms with E-state index in [-0.39, 0.29) is 5.38 Å². The van der Waals surface area contributed by atoms with Crippen LogP contribution in [0.25, 0.3) is 16.7 Å². The maximum absolute atomic E-state index is 6.32. The summed E-state index contributed by atoms with van der Waals surface area (Å²) in [4.78, 5) is 4.66. The maximum Gasteiger partial charge on any atom is 0.132 e. The molecule has 108 valence electrons. The number of nitrogens with zero attached hydrogens (tertiary/aromatic N) is 2. The third kappa shape index (κ3) is 2.70. The van der Waals surface area contributed by atoms with Crippen LogP contribution >= 0.6 is 39.1 Å². The van der Waals surface area contributed by atoms with Crippen molar-refractivity contribution >= 4 is 50.2 Å². The molecule has 0 aliphatic carbocycles. The van der Waals surface area contributed by atoms with E-state index >= 15 is 0 Å². The van der Waals surface area contributed by atoms with Gasteiger partial charge in [0.2, 0.25) is 0 Å². The standard InChI is InChI=1S/C16H13BrCl2N2/c1-9-3-6-14-15(7-9)21(16(20-14)10(2)18)11-4-5-13(19)12(17)8-11/h3-8,10H,1-2H3. The van der Waals surface area contributed by atoms with Crippen molar-refractivity contribution in [3.8, 4) is 5.69 Å². The van der Waals surface area contributed by atoms with Gasteiger partial charge in [0.25, 0.3) is 0 Å². The minimum absolute atomic E-state index is 0.188. The highest BCUT2D eigenvalue weighted by molar-refractivity contribution is 9.10. The second-order valence-corrected chi connectivity index (χ2v) is 6.93. The van der Waals surface area contributed by atoms with Crippen molar-refractivity contribution in [2.75, 3.05) is 0 Å². The zero-order chi connectivity index (χ0) is 15.1. The van der Waals surface area contributed by atoms with Crippen LogP contribution < -0.4 is 0 Å². The Morgan fingerprint density at radius 1 is 1.19 bits per heavy atom. The van der Waals surface area contributed by atoms with Crippen LogP contribution in [0.15, 0.2) is 40.9 Å². The largest absolute Gasteiger partial charge is 0.295 e.